The Morgan fingerprint density at radius 3 is 2.54 bits per heavy atom. The molecule has 0 saturated heterocycles. The monoisotopic (exact) mass is 328 g/mol. The summed E-state index contributed by atoms with van der Waals surface area (Å²) in [5.74, 6) is 2.08. The van der Waals surface area contributed by atoms with Gasteiger partial charge in [-0.05, 0) is 81.1 Å². The lowest BCUT2D eigenvalue weighted by atomic mass is 9.45. The van der Waals surface area contributed by atoms with Crippen LogP contribution in [0.1, 0.15) is 72.6 Å². The van der Waals surface area contributed by atoms with Crippen LogP contribution in [0.2, 0.25) is 0 Å². The summed E-state index contributed by atoms with van der Waals surface area (Å²) in [6, 6.07) is 0. The molecule has 0 spiro atoms. The van der Waals surface area contributed by atoms with Gasteiger partial charge in [0.1, 0.15) is 0 Å². The van der Waals surface area contributed by atoms with Gasteiger partial charge in [0.2, 0.25) is 0 Å². The molecule has 0 unspecified atom stereocenters. The fraction of sp³-hybridized carbons (Fsp3) is 0.773. The molecule has 6 atom stereocenters. The lowest BCUT2D eigenvalue weighted by Crippen LogP contribution is -2.55. The Kier molecular flexibility index (Phi) is 3.34. The average molecular weight is 328 g/mol. The van der Waals surface area contributed by atoms with Crippen molar-refractivity contribution < 1.29 is 9.90 Å². The zero-order valence-corrected chi connectivity index (χ0v) is 15.7. The summed E-state index contributed by atoms with van der Waals surface area (Å²) < 4.78 is 0. The molecule has 1 N–H and O–H groups in total. The van der Waals surface area contributed by atoms with Gasteiger partial charge in [0.05, 0.1) is 5.60 Å². The van der Waals surface area contributed by atoms with Crippen molar-refractivity contribution in [3.8, 4) is 0 Å². The minimum atomic E-state index is -0.568. The Morgan fingerprint density at radius 1 is 1.12 bits per heavy atom. The number of hydrogen-bond donors (Lipinski definition) is 1. The number of ketones is 1. The van der Waals surface area contributed by atoms with Crippen molar-refractivity contribution in [3.05, 3.63) is 23.3 Å². The van der Waals surface area contributed by atoms with Gasteiger partial charge in [-0.15, -0.1) is 0 Å². The average Bonchev–Trinajstić information content (AvgIpc) is 2.73. The molecule has 2 nitrogen and oxygen atoms in total. The topological polar surface area (TPSA) is 37.3 Å². The third-order valence-electron chi connectivity index (χ3n) is 8.82. The van der Waals surface area contributed by atoms with E-state index in [0.29, 0.717) is 30.0 Å². The largest absolute Gasteiger partial charge is 0.390 e. The lowest BCUT2D eigenvalue weighted by molar-refractivity contribution is -0.119. The first-order valence-corrected chi connectivity index (χ1v) is 9.75. The number of carbonyl (C=O) groups excluding carboxylic acids is 1. The van der Waals surface area contributed by atoms with E-state index >= 15 is 0 Å². The molecule has 4 aliphatic rings. The minimum absolute atomic E-state index is 0.0254. The number of rotatable bonds is 0. The van der Waals surface area contributed by atoms with Crippen molar-refractivity contribution >= 4 is 5.78 Å². The van der Waals surface area contributed by atoms with E-state index in [1.807, 2.05) is 13.8 Å². The maximum Gasteiger partial charge on any atom is 0.158 e. The van der Waals surface area contributed by atoms with E-state index in [9.17, 15) is 9.90 Å². The van der Waals surface area contributed by atoms with Crippen LogP contribution in [-0.4, -0.2) is 16.5 Å². The highest BCUT2D eigenvalue weighted by Crippen LogP contribution is 2.68. The van der Waals surface area contributed by atoms with Gasteiger partial charge < -0.3 is 5.11 Å². The summed E-state index contributed by atoms with van der Waals surface area (Å²) in [7, 11) is 0. The van der Waals surface area contributed by atoms with E-state index in [1.54, 1.807) is 0 Å². The highest BCUT2D eigenvalue weighted by atomic mass is 16.3. The van der Waals surface area contributed by atoms with Crippen molar-refractivity contribution in [2.24, 2.45) is 28.6 Å². The number of Topliss-reactive ketones (excluding diaryl/α,β-unsaturated/α-hetero) is 1. The Labute approximate surface area is 146 Å². The summed E-state index contributed by atoms with van der Waals surface area (Å²) in [5, 5.41) is 11.0. The SMILES string of the molecule is C=C1C[C@@]2(C)[C@@H](CC[C@]2(C)O)[C@@H]2CCC3=C(C)C(=O)CC[C@]3(C)[C@@H]12. The molecule has 0 aromatic heterocycles. The summed E-state index contributed by atoms with van der Waals surface area (Å²) in [5.41, 5.74) is 3.33. The molecule has 24 heavy (non-hydrogen) atoms. The molecular weight excluding hydrogens is 296 g/mol. The molecule has 0 aromatic carbocycles. The predicted molar refractivity (Wildman–Crippen MR) is 96.5 cm³/mol. The van der Waals surface area contributed by atoms with Crippen molar-refractivity contribution in [1.29, 1.82) is 0 Å². The molecule has 3 fully saturated rings. The van der Waals surface area contributed by atoms with Crippen LogP contribution in [0.3, 0.4) is 0 Å². The van der Waals surface area contributed by atoms with Crippen LogP contribution < -0.4 is 0 Å². The Morgan fingerprint density at radius 2 is 1.83 bits per heavy atom. The summed E-state index contributed by atoms with van der Waals surface area (Å²) in [4.78, 5) is 12.2. The minimum Gasteiger partial charge on any atom is -0.390 e. The predicted octanol–water partition coefficient (Wildman–Crippen LogP) is 4.83. The second-order valence-electron chi connectivity index (χ2n) is 9.80. The molecule has 132 valence electrons. The smallest absolute Gasteiger partial charge is 0.158 e. The molecule has 2 heteroatoms. The maximum absolute atomic E-state index is 12.2. The fourth-order valence-corrected chi connectivity index (χ4v) is 7.29. The molecule has 4 aliphatic carbocycles. The van der Waals surface area contributed by atoms with Crippen LogP contribution in [0.5, 0.6) is 0 Å². The normalized spacial score (nSPS) is 51.3. The maximum atomic E-state index is 12.2. The first-order valence-electron chi connectivity index (χ1n) is 9.75. The quantitative estimate of drug-likeness (QED) is 0.647. The second kappa shape index (κ2) is 4.84. The van der Waals surface area contributed by atoms with E-state index < -0.39 is 5.60 Å². The van der Waals surface area contributed by atoms with Gasteiger partial charge >= 0.3 is 0 Å². The first-order chi connectivity index (χ1) is 11.1. The molecule has 0 heterocycles. The van der Waals surface area contributed by atoms with Crippen LogP contribution in [0.25, 0.3) is 0 Å². The van der Waals surface area contributed by atoms with E-state index in [-0.39, 0.29) is 10.8 Å². The second-order valence-corrected chi connectivity index (χ2v) is 9.80. The Hall–Kier alpha value is -0.890. The van der Waals surface area contributed by atoms with Gasteiger partial charge in [0, 0.05) is 11.8 Å². The number of fused-ring (bicyclic) bond motifs is 5. The van der Waals surface area contributed by atoms with Crippen LogP contribution in [-0.2, 0) is 4.79 Å². The number of hydrogen-bond acceptors (Lipinski definition) is 2. The standard InChI is InChI=1S/C22H32O2/c1-13-12-21(4)17(8-11-22(21,5)24)15-6-7-16-14(2)18(23)9-10-20(16,3)19(13)15/h15,17,19,24H,1,6-12H2,2-5H3/t15-,17-,19-,20-,21-,22-/m0/s1. The first kappa shape index (κ1) is 16.6. The van der Waals surface area contributed by atoms with Crippen LogP contribution in [0.15, 0.2) is 23.3 Å². The van der Waals surface area contributed by atoms with Crippen molar-refractivity contribution in [3.63, 3.8) is 0 Å². The van der Waals surface area contributed by atoms with Gasteiger partial charge in [-0.1, -0.05) is 31.6 Å². The highest BCUT2D eigenvalue weighted by Gasteiger charge is 2.63. The summed E-state index contributed by atoms with van der Waals surface area (Å²) in [6.07, 6.45) is 6.92. The van der Waals surface area contributed by atoms with Crippen molar-refractivity contribution in [1.82, 2.24) is 0 Å². The molecule has 0 aliphatic heterocycles. The third-order valence-corrected chi connectivity index (χ3v) is 8.82. The number of aliphatic hydroxyl groups is 1. The Bertz CT molecular complexity index is 655. The van der Waals surface area contributed by atoms with Crippen LogP contribution >= 0.6 is 0 Å². The molecular formula is C22H32O2. The molecule has 0 amide bonds. The Balaban J connectivity index is 1.79. The fourth-order valence-electron chi connectivity index (χ4n) is 7.29. The van der Waals surface area contributed by atoms with Crippen LogP contribution in [0.4, 0.5) is 0 Å². The van der Waals surface area contributed by atoms with E-state index in [1.165, 1.54) is 11.1 Å². The van der Waals surface area contributed by atoms with E-state index in [2.05, 4.69) is 20.4 Å². The number of carbonyl (C=O) groups is 1. The zero-order chi connectivity index (χ0) is 17.5. The molecule has 0 aromatic rings. The summed E-state index contributed by atoms with van der Waals surface area (Å²) in [6.45, 7) is 13.3. The zero-order valence-electron chi connectivity index (χ0n) is 15.7. The van der Waals surface area contributed by atoms with Gasteiger partial charge in [0.15, 0.2) is 5.78 Å². The van der Waals surface area contributed by atoms with Crippen LogP contribution in [0, 0.1) is 28.6 Å². The van der Waals surface area contributed by atoms with Crippen molar-refractivity contribution in [2.45, 2.75) is 78.2 Å². The molecule has 3 saturated carbocycles. The van der Waals surface area contributed by atoms with Gasteiger partial charge in [-0.3, -0.25) is 4.79 Å². The van der Waals surface area contributed by atoms with E-state index in [4.69, 9.17) is 0 Å². The third kappa shape index (κ3) is 1.84. The number of allylic oxidation sites excluding steroid dienone is 2. The molecule has 0 radical (unpaired) electrons. The summed E-state index contributed by atoms with van der Waals surface area (Å²) >= 11 is 0. The van der Waals surface area contributed by atoms with Gasteiger partial charge in [-0.25, -0.2) is 0 Å². The van der Waals surface area contributed by atoms with Gasteiger partial charge in [-0.2, -0.15) is 0 Å². The lowest BCUT2D eigenvalue weighted by Gasteiger charge is -2.60. The van der Waals surface area contributed by atoms with E-state index in [0.717, 1.165) is 44.1 Å². The van der Waals surface area contributed by atoms with Gasteiger partial charge in [0.25, 0.3) is 0 Å². The highest BCUT2D eigenvalue weighted by molar-refractivity contribution is 5.96. The van der Waals surface area contributed by atoms with Crippen molar-refractivity contribution in [2.75, 3.05) is 0 Å². The molecule has 0 bridgehead atoms. The molecule has 4 rings (SSSR count).